The summed E-state index contributed by atoms with van der Waals surface area (Å²) >= 11 is 0. The Kier molecular flexibility index (Phi) is 10.1. The molecule has 0 aliphatic carbocycles. The van der Waals surface area contributed by atoms with Crippen molar-refractivity contribution in [3.05, 3.63) is 33.1 Å². The Bertz CT molecular complexity index is 855. The largest absolute Gasteiger partial charge is 0.367 e. The highest BCUT2D eigenvalue weighted by atomic mass is 16.2. The van der Waals surface area contributed by atoms with Crippen LogP contribution >= 0.6 is 0 Å². The maximum Gasteiger partial charge on any atom is 0.367 e. The van der Waals surface area contributed by atoms with Crippen LogP contribution in [0.1, 0.15) is 27.7 Å². The van der Waals surface area contributed by atoms with Crippen molar-refractivity contribution in [2.24, 2.45) is 0 Å². The summed E-state index contributed by atoms with van der Waals surface area (Å²) in [4.78, 5) is 27.4. The third-order valence-electron chi connectivity index (χ3n) is 4.54. The van der Waals surface area contributed by atoms with E-state index in [1.165, 1.54) is 18.7 Å². The van der Waals surface area contributed by atoms with E-state index >= 15 is 0 Å². The van der Waals surface area contributed by atoms with Crippen LogP contribution in [0, 0.1) is 0 Å². The van der Waals surface area contributed by atoms with Crippen molar-refractivity contribution in [3.8, 4) is 0 Å². The molecule has 2 unspecified atom stereocenters. The van der Waals surface area contributed by atoms with Crippen molar-refractivity contribution < 1.29 is 0 Å². The minimum Gasteiger partial charge on any atom is -0.305 e. The van der Waals surface area contributed by atoms with Gasteiger partial charge in [-0.3, -0.25) is 0 Å². The van der Waals surface area contributed by atoms with Crippen LogP contribution in [0.15, 0.2) is 21.7 Å². The van der Waals surface area contributed by atoms with Crippen molar-refractivity contribution in [2.45, 2.75) is 52.9 Å². The number of nitrogens with zero attached hydrogens (tertiary/aromatic N) is 10. The third-order valence-corrected chi connectivity index (χ3v) is 4.54. The van der Waals surface area contributed by atoms with Crippen LogP contribution in [0.5, 0.6) is 0 Å². The molecule has 0 bridgehead atoms. The second kappa shape index (κ2) is 12.0. The molecule has 0 spiro atoms. The first-order valence-corrected chi connectivity index (χ1v) is 9.75. The second-order valence-electron chi connectivity index (χ2n) is 7.37. The van der Waals surface area contributed by atoms with E-state index in [-0.39, 0.29) is 23.5 Å². The van der Waals surface area contributed by atoms with Gasteiger partial charge in [0.05, 0.1) is 13.1 Å². The minimum atomic E-state index is -0.207. The summed E-state index contributed by atoms with van der Waals surface area (Å²) in [6.07, 6.45) is 6.67. The summed E-state index contributed by atoms with van der Waals surface area (Å²) in [6.45, 7) is 8.80. The molecule has 2 rings (SSSR count). The lowest BCUT2D eigenvalue weighted by atomic mass is 10.3. The maximum absolute atomic E-state index is 11.6. The Morgan fingerprint density at radius 3 is 1.33 bits per heavy atom. The monoisotopic (exact) mass is 422 g/mol. The molecule has 0 fully saturated rings. The molecule has 0 aliphatic heterocycles. The van der Waals surface area contributed by atoms with Crippen LogP contribution in [-0.4, -0.2) is 89.7 Å². The maximum atomic E-state index is 11.6. The molecule has 0 amide bonds. The molecule has 2 heterocycles. The van der Waals surface area contributed by atoms with Gasteiger partial charge in [0.2, 0.25) is 0 Å². The quantitative estimate of drug-likeness (QED) is 0.573. The molecule has 12 heteroatoms. The van der Waals surface area contributed by atoms with Gasteiger partial charge in [-0.15, -0.1) is 0 Å². The molecular formula is C18H34N10O2. The van der Waals surface area contributed by atoms with E-state index in [4.69, 9.17) is 0 Å². The summed E-state index contributed by atoms with van der Waals surface area (Å²) in [5.41, 5.74) is -0.413. The van der Waals surface area contributed by atoms with Crippen molar-refractivity contribution in [1.29, 1.82) is 0 Å². The highest BCUT2D eigenvalue weighted by Gasteiger charge is 2.11. The second-order valence-corrected chi connectivity index (χ2v) is 7.37. The van der Waals surface area contributed by atoms with Crippen molar-refractivity contribution in [2.75, 3.05) is 28.2 Å². The van der Waals surface area contributed by atoms with E-state index < -0.39 is 0 Å². The molecule has 0 radical (unpaired) electrons. The lowest BCUT2D eigenvalue weighted by Gasteiger charge is -2.18. The molecule has 30 heavy (non-hydrogen) atoms. The van der Waals surface area contributed by atoms with E-state index in [0.717, 1.165) is 0 Å². The number of likely N-dealkylation sites (N-methyl/N-ethyl adjacent to an activating group) is 2. The molecule has 0 aliphatic rings. The zero-order valence-corrected chi connectivity index (χ0v) is 19.2. The Labute approximate surface area is 176 Å². The summed E-state index contributed by atoms with van der Waals surface area (Å²) in [5, 5.41) is 15.1. The van der Waals surface area contributed by atoms with Gasteiger partial charge < -0.3 is 9.80 Å². The number of tetrazole rings is 2. The standard InChI is InChI=1S/2C9H17N5O/c2*1-5-6-13-9(15)14(11-10-13)7-8(2)12(3)4/h2*5-6,8H,7H2,1-4H3/b6-5+;6-5-. The van der Waals surface area contributed by atoms with E-state index in [1.54, 1.807) is 24.6 Å². The normalized spacial score (nSPS) is 13.9. The van der Waals surface area contributed by atoms with E-state index in [9.17, 15) is 9.59 Å². The van der Waals surface area contributed by atoms with Gasteiger partial charge in [0.25, 0.3) is 0 Å². The van der Waals surface area contributed by atoms with Gasteiger partial charge in [-0.25, -0.2) is 9.59 Å². The zero-order chi connectivity index (χ0) is 22.8. The summed E-state index contributed by atoms with van der Waals surface area (Å²) in [5.74, 6) is 0. The predicted molar refractivity (Wildman–Crippen MR) is 117 cm³/mol. The average molecular weight is 423 g/mol. The molecular weight excluding hydrogens is 388 g/mol. The fourth-order valence-electron chi connectivity index (χ4n) is 2.10. The van der Waals surface area contributed by atoms with E-state index in [2.05, 4.69) is 20.9 Å². The van der Waals surface area contributed by atoms with Gasteiger partial charge >= 0.3 is 11.4 Å². The number of aromatic nitrogens is 8. The van der Waals surface area contributed by atoms with Crippen LogP contribution in [-0.2, 0) is 13.1 Å². The van der Waals surface area contributed by atoms with E-state index in [1.807, 2.05) is 65.7 Å². The predicted octanol–water partition coefficient (Wildman–Crippen LogP) is -0.239. The van der Waals surface area contributed by atoms with Gasteiger partial charge in [0.15, 0.2) is 0 Å². The highest BCUT2D eigenvalue weighted by molar-refractivity contribution is 5.16. The van der Waals surface area contributed by atoms with Crippen molar-refractivity contribution in [3.63, 3.8) is 0 Å². The van der Waals surface area contributed by atoms with Gasteiger partial charge in [-0.2, -0.15) is 18.7 Å². The number of hydrogen-bond donors (Lipinski definition) is 0. The Morgan fingerprint density at radius 2 is 1.07 bits per heavy atom. The van der Waals surface area contributed by atoms with Gasteiger partial charge in [0, 0.05) is 24.5 Å². The molecule has 0 N–H and O–H groups in total. The first kappa shape index (κ1) is 25.2. The fourth-order valence-corrected chi connectivity index (χ4v) is 2.10. The summed E-state index contributed by atoms with van der Waals surface area (Å²) in [6, 6.07) is 0.497. The smallest absolute Gasteiger partial charge is 0.305 e. The molecule has 0 aromatic carbocycles. The van der Waals surface area contributed by atoms with Crippen molar-refractivity contribution >= 4 is 12.4 Å². The van der Waals surface area contributed by atoms with Crippen LogP contribution in [0.4, 0.5) is 0 Å². The average Bonchev–Trinajstić information content (AvgIpc) is 3.20. The van der Waals surface area contributed by atoms with E-state index in [0.29, 0.717) is 13.1 Å². The lowest BCUT2D eigenvalue weighted by Crippen LogP contribution is -2.34. The van der Waals surface area contributed by atoms with Gasteiger partial charge in [-0.1, -0.05) is 12.2 Å². The molecule has 2 atom stereocenters. The third kappa shape index (κ3) is 7.19. The highest BCUT2D eigenvalue weighted by Crippen LogP contribution is 1.94. The molecule has 12 nitrogen and oxygen atoms in total. The fraction of sp³-hybridized carbons (Fsp3) is 0.667. The first-order valence-electron chi connectivity index (χ1n) is 9.75. The van der Waals surface area contributed by atoms with Gasteiger partial charge in [-0.05, 0) is 76.7 Å². The molecule has 2 aromatic heterocycles. The Morgan fingerprint density at radius 1 is 0.733 bits per heavy atom. The summed E-state index contributed by atoms with van der Waals surface area (Å²) in [7, 11) is 7.86. The molecule has 0 saturated heterocycles. The number of allylic oxidation sites excluding steroid dienone is 2. The minimum absolute atomic E-state index is 0.207. The topological polar surface area (TPSA) is 112 Å². The van der Waals surface area contributed by atoms with Crippen LogP contribution in [0.25, 0.3) is 12.4 Å². The lowest BCUT2D eigenvalue weighted by molar-refractivity contribution is 0.271. The zero-order valence-electron chi connectivity index (χ0n) is 19.2. The molecule has 168 valence electrons. The number of rotatable bonds is 8. The Balaban J connectivity index is 0.000000300. The van der Waals surface area contributed by atoms with Crippen molar-refractivity contribution in [1.82, 2.24) is 49.4 Å². The SMILES string of the molecule is C/C=C/n1nnn(CC(C)N(C)C)c1=O.C/C=C\n1nnn(CC(C)N(C)C)c1=O. The van der Waals surface area contributed by atoms with Gasteiger partial charge in [0.1, 0.15) is 0 Å². The number of hydrogen-bond acceptors (Lipinski definition) is 8. The Hall–Kier alpha value is -2.86. The van der Waals surface area contributed by atoms with Crippen LogP contribution in [0.2, 0.25) is 0 Å². The summed E-state index contributed by atoms with van der Waals surface area (Å²) < 4.78 is 5.18. The molecule has 2 aromatic rings. The molecule has 0 saturated carbocycles. The van der Waals surface area contributed by atoms with Crippen LogP contribution in [0.3, 0.4) is 0 Å². The van der Waals surface area contributed by atoms with Crippen LogP contribution < -0.4 is 11.4 Å². The first-order chi connectivity index (χ1) is 14.1.